The van der Waals surface area contributed by atoms with Gasteiger partial charge in [-0.05, 0) is 30.3 Å². The van der Waals surface area contributed by atoms with Gasteiger partial charge in [0.25, 0.3) is 10.0 Å². The van der Waals surface area contributed by atoms with Crippen LogP contribution in [0.15, 0.2) is 34.5 Å². The molecule has 1 heterocycles. The lowest BCUT2D eigenvalue weighted by atomic mass is 10.2. The molecule has 5 nitrogen and oxygen atoms in total. The molecular weight excluding hydrogens is 352 g/mol. The largest absolute Gasteiger partial charge is 0.495 e. The third kappa shape index (κ3) is 3.65. The summed E-state index contributed by atoms with van der Waals surface area (Å²) in [5.41, 5.74) is 6.41. The van der Waals surface area contributed by atoms with Crippen LogP contribution in [0, 0.1) is 0 Å². The van der Waals surface area contributed by atoms with Crippen LogP contribution in [0.5, 0.6) is 5.75 Å². The van der Waals surface area contributed by atoms with E-state index in [2.05, 4.69) is 4.72 Å². The number of rotatable bonds is 5. The zero-order valence-electron chi connectivity index (χ0n) is 10.8. The number of thiocarbonyl (C=S) groups is 1. The second-order valence-corrected chi connectivity index (χ2v) is 8.01. The number of anilines is 1. The molecule has 0 atom stereocenters. The molecule has 0 saturated heterocycles. The first-order valence-electron chi connectivity index (χ1n) is 5.59. The second kappa shape index (κ2) is 6.18. The molecule has 9 heteroatoms. The van der Waals surface area contributed by atoms with E-state index in [1.807, 2.05) is 0 Å². The molecule has 0 unspecified atom stereocenters. The molecule has 0 bridgehead atoms. The van der Waals surface area contributed by atoms with Gasteiger partial charge in [0.2, 0.25) is 0 Å². The molecule has 0 aliphatic rings. The molecule has 0 fully saturated rings. The molecule has 2 aromatic rings. The summed E-state index contributed by atoms with van der Waals surface area (Å²) in [7, 11) is -2.29. The Morgan fingerprint density at radius 1 is 1.38 bits per heavy atom. The van der Waals surface area contributed by atoms with Crippen LogP contribution in [0.4, 0.5) is 5.69 Å². The summed E-state index contributed by atoms with van der Waals surface area (Å²) in [6.07, 6.45) is 0. The summed E-state index contributed by atoms with van der Waals surface area (Å²) in [6, 6.07) is 7.69. The Morgan fingerprint density at radius 3 is 2.62 bits per heavy atom. The molecule has 0 radical (unpaired) electrons. The van der Waals surface area contributed by atoms with Crippen molar-refractivity contribution in [3.63, 3.8) is 0 Å². The molecule has 0 amide bonds. The third-order valence-electron chi connectivity index (χ3n) is 2.54. The van der Waals surface area contributed by atoms with E-state index in [0.29, 0.717) is 21.3 Å². The highest BCUT2D eigenvalue weighted by molar-refractivity contribution is 7.94. The normalized spacial score (nSPS) is 11.1. The number of nitrogens with two attached hydrogens (primary N) is 1. The summed E-state index contributed by atoms with van der Waals surface area (Å²) in [5.74, 6) is 0.325. The summed E-state index contributed by atoms with van der Waals surface area (Å²) in [4.78, 5) is 0.202. The monoisotopic (exact) mass is 362 g/mol. The molecule has 2 rings (SSSR count). The highest BCUT2D eigenvalue weighted by Gasteiger charge is 2.19. The highest BCUT2D eigenvalue weighted by atomic mass is 35.5. The Bertz CT molecular complexity index is 787. The molecule has 3 N–H and O–H groups in total. The average Bonchev–Trinajstić information content (AvgIpc) is 2.86. The van der Waals surface area contributed by atoms with Crippen molar-refractivity contribution in [1.29, 1.82) is 0 Å². The predicted molar refractivity (Wildman–Crippen MR) is 89.0 cm³/mol. The van der Waals surface area contributed by atoms with Gasteiger partial charge in [-0.1, -0.05) is 23.8 Å². The van der Waals surface area contributed by atoms with Crippen LogP contribution < -0.4 is 15.2 Å². The molecule has 1 aromatic carbocycles. The predicted octanol–water partition coefficient (Wildman–Crippen LogP) is 2.85. The van der Waals surface area contributed by atoms with Crippen molar-refractivity contribution in [2.45, 2.75) is 4.21 Å². The first-order chi connectivity index (χ1) is 9.83. The van der Waals surface area contributed by atoms with Crippen LogP contribution in [0.25, 0.3) is 0 Å². The van der Waals surface area contributed by atoms with Crippen LogP contribution in [-0.2, 0) is 10.0 Å². The van der Waals surface area contributed by atoms with Gasteiger partial charge in [0.05, 0.1) is 17.1 Å². The van der Waals surface area contributed by atoms with E-state index in [1.165, 1.54) is 19.2 Å². The summed E-state index contributed by atoms with van der Waals surface area (Å²) < 4.78 is 32.6. The molecule has 1 aromatic heterocycles. The van der Waals surface area contributed by atoms with E-state index >= 15 is 0 Å². The minimum atomic E-state index is -3.72. The smallest absolute Gasteiger partial charge is 0.271 e. The third-order valence-corrected chi connectivity index (χ3v) is 5.87. The Hall–Kier alpha value is -1.35. The molecule has 0 spiro atoms. The summed E-state index contributed by atoms with van der Waals surface area (Å²) in [5, 5.41) is 0. The minimum absolute atomic E-state index is 0.118. The Labute approximate surface area is 136 Å². The fraction of sp³-hybridized carbons (Fsp3) is 0.0833. The number of thiophene rings is 1. The number of nitrogens with one attached hydrogen (secondary N) is 1. The van der Waals surface area contributed by atoms with Crippen LogP contribution in [0.3, 0.4) is 0 Å². The SMILES string of the molecule is COc1cc(C(N)=S)ccc1NS(=O)(=O)c1ccc(Cl)s1. The maximum atomic E-state index is 12.2. The fourth-order valence-corrected chi connectivity index (χ4v) is 4.25. The topological polar surface area (TPSA) is 81.4 Å². The van der Waals surface area contributed by atoms with Crippen molar-refractivity contribution >= 4 is 55.9 Å². The number of halogens is 1. The van der Waals surface area contributed by atoms with Crippen molar-refractivity contribution in [1.82, 2.24) is 0 Å². The molecular formula is C12H11ClN2O3S3. The van der Waals surface area contributed by atoms with E-state index in [-0.39, 0.29) is 9.20 Å². The number of methoxy groups -OCH3 is 1. The van der Waals surface area contributed by atoms with Crippen molar-refractivity contribution < 1.29 is 13.2 Å². The standard InChI is InChI=1S/C12H11ClN2O3S3/c1-18-9-6-7(12(14)19)2-3-8(9)15-21(16,17)11-5-4-10(13)20-11/h2-6,15H,1H3,(H2,14,19). The van der Waals surface area contributed by atoms with Crippen molar-refractivity contribution in [2.75, 3.05) is 11.8 Å². The molecule has 112 valence electrons. The second-order valence-electron chi connectivity index (χ2n) is 3.94. The number of benzene rings is 1. The average molecular weight is 363 g/mol. The minimum Gasteiger partial charge on any atom is -0.495 e. The highest BCUT2D eigenvalue weighted by Crippen LogP contribution is 2.31. The number of hydrogen-bond acceptors (Lipinski definition) is 5. The summed E-state index contributed by atoms with van der Waals surface area (Å²) >= 11 is 11.6. The van der Waals surface area contributed by atoms with Gasteiger partial charge in [-0.2, -0.15) is 0 Å². The maximum absolute atomic E-state index is 12.2. The van der Waals surface area contributed by atoms with E-state index in [0.717, 1.165) is 11.3 Å². The van der Waals surface area contributed by atoms with Gasteiger partial charge in [0.1, 0.15) is 14.9 Å². The Kier molecular flexibility index (Phi) is 4.72. The summed E-state index contributed by atoms with van der Waals surface area (Å²) in [6.45, 7) is 0. The van der Waals surface area contributed by atoms with E-state index in [9.17, 15) is 8.42 Å². The number of ether oxygens (including phenoxy) is 1. The molecule has 0 aliphatic heterocycles. The van der Waals surface area contributed by atoms with Crippen LogP contribution in [0.2, 0.25) is 4.34 Å². The van der Waals surface area contributed by atoms with E-state index in [1.54, 1.807) is 18.2 Å². The van der Waals surface area contributed by atoms with Gasteiger partial charge in [-0.25, -0.2) is 8.42 Å². The van der Waals surface area contributed by atoms with Crippen LogP contribution in [-0.4, -0.2) is 20.5 Å². The van der Waals surface area contributed by atoms with Crippen LogP contribution in [0.1, 0.15) is 5.56 Å². The van der Waals surface area contributed by atoms with Gasteiger partial charge in [-0.3, -0.25) is 4.72 Å². The van der Waals surface area contributed by atoms with Crippen molar-refractivity contribution in [2.24, 2.45) is 5.73 Å². The first kappa shape index (κ1) is 16.0. The number of hydrogen-bond donors (Lipinski definition) is 2. The van der Waals surface area contributed by atoms with Crippen molar-refractivity contribution in [3.8, 4) is 5.75 Å². The first-order valence-corrected chi connectivity index (χ1v) is 8.68. The lowest BCUT2D eigenvalue weighted by Crippen LogP contribution is -2.13. The lowest BCUT2D eigenvalue weighted by Gasteiger charge is -2.12. The van der Waals surface area contributed by atoms with Crippen molar-refractivity contribution in [3.05, 3.63) is 40.2 Å². The quantitative estimate of drug-likeness (QED) is 0.799. The molecule has 0 aliphatic carbocycles. The zero-order chi connectivity index (χ0) is 15.6. The van der Waals surface area contributed by atoms with Gasteiger partial charge in [0, 0.05) is 5.56 Å². The maximum Gasteiger partial charge on any atom is 0.271 e. The van der Waals surface area contributed by atoms with Gasteiger partial charge in [0.15, 0.2) is 0 Å². The zero-order valence-corrected chi connectivity index (χ0v) is 14.0. The Morgan fingerprint density at radius 2 is 2.10 bits per heavy atom. The molecule has 0 saturated carbocycles. The van der Waals surface area contributed by atoms with Gasteiger partial charge >= 0.3 is 0 Å². The Balaban J connectivity index is 2.37. The molecule has 21 heavy (non-hydrogen) atoms. The van der Waals surface area contributed by atoms with Gasteiger partial charge < -0.3 is 10.5 Å². The van der Waals surface area contributed by atoms with Gasteiger partial charge in [-0.15, -0.1) is 11.3 Å². The van der Waals surface area contributed by atoms with E-state index < -0.39 is 10.0 Å². The number of sulfonamides is 1. The fourth-order valence-electron chi connectivity index (χ4n) is 1.57. The van der Waals surface area contributed by atoms with E-state index in [4.69, 9.17) is 34.3 Å². The van der Waals surface area contributed by atoms with Crippen LogP contribution >= 0.6 is 35.2 Å². The lowest BCUT2D eigenvalue weighted by molar-refractivity contribution is 0.417.